The van der Waals surface area contributed by atoms with E-state index >= 15 is 0 Å². The molecule has 0 aliphatic heterocycles. The number of allylic oxidation sites excluding steroid dienone is 3. The van der Waals surface area contributed by atoms with Crippen LogP contribution in [0.15, 0.2) is 53.7 Å². The summed E-state index contributed by atoms with van der Waals surface area (Å²) in [4.78, 5) is 5.17. The van der Waals surface area contributed by atoms with Crippen molar-refractivity contribution in [1.29, 1.82) is 0 Å². The monoisotopic (exact) mass is 201 g/mol. The summed E-state index contributed by atoms with van der Waals surface area (Å²) in [5, 5.41) is 3.85. The van der Waals surface area contributed by atoms with Gasteiger partial charge in [-0.25, -0.2) is 0 Å². The van der Waals surface area contributed by atoms with Crippen LogP contribution in [0.5, 0.6) is 5.75 Å². The van der Waals surface area contributed by atoms with Crippen LogP contribution in [-0.2, 0) is 0 Å². The fraction of sp³-hybridized carbons (Fsp3) is 0.154. The molecule has 1 aromatic rings. The van der Waals surface area contributed by atoms with Gasteiger partial charge >= 0.3 is 0 Å². The third-order valence-electron chi connectivity index (χ3n) is 1.82. The molecule has 0 aliphatic carbocycles. The first kappa shape index (κ1) is 11.2. The van der Waals surface area contributed by atoms with Crippen molar-refractivity contribution in [2.45, 2.75) is 13.8 Å². The molecule has 2 nitrogen and oxygen atoms in total. The Bertz CT molecular complexity index is 374. The SMILES string of the molecule is C=C/C=C(C)\C=N/Oc1ccc(C)cc1. The maximum absolute atomic E-state index is 5.17. The van der Waals surface area contributed by atoms with Crippen LogP contribution in [0.3, 0.4) is 0 Å². The van der Waals surface area contributed by atoms with Gasteiger partial charge in [0.1, 0.15) is 0 Å². The number of rotatable bonds is 4. The zero-order chi connectivity index (χ0) is 11.1. The highest BCUT2D eigenvalue weighted by Crippen LogP contribution is 2.11. The molecule has 0 bridgehead atoms. The maximum atomic E-state index is 5.17. The molecule has 0 saturated carbocycles. The van der Waals surface area contributed by atoms with Gasteiger partial charge in [-0.3, -0.25) is 0 Å². The smallest absolute Gasteiger partial charge is 0.157 e. The summed E-state index contributed by atoms with van der Waals surface area (Å²) in [6.07, 6.45) is 5.23. The molecule has 0 aliphatic rings. The number of benzene rings is 1. The normalized spacial score (nSPS) is 11.7. The number of nitrogens with zero attached hydrogens (tertiary/aromatic N) is 1. The van der Waals surface area contributed by atoms with Crippen molar-refractivity contribution in [2.75, 3.05) is 0 Å². The van der Waals surface area contributed by atoms with Gasteiger partial charge in [-0.2, -0.15) is 0 Å². The Morgan fingerprint density at radius 3 is 2.60 bits per heavy atom. The van der Waals surface area contributed by atoms with Crippen molar-refractivity contribution < 1.29 is 4.84 Å². The van der Waals surface area contributed by atoms with Gasteiger partial charge in [-0.05, 0) is 31.6 Å². The fourth-order valence-corrected chi connectivity index (χ4v) is 0.998. The van der Waals surface area contributed by atoms with Crippen molar-refractivity contribution in [1.82, 2.24) is 0 Å². The lowest BCUT2D eigenvalue weighted by Gasteiger charge is -1.97. The topological polar surface area (TPSA) is 21.6 Å². The molecule has 1 aromatic carbocycles. The van der Waals surface area contributed by atoms with E-state index in [1.54, 1.807) is 12.3 Å². The number of oxime groups is 1. The molecule has 15 heavy (non-hydrogen) atoms. The molecule has 0 radical (unpaired) electrons. The first-order chi connectivity index (χ1) is 7.22. The highest BCUT2D eigenvalue weighted by molar-refractivity contribution is 5.77. The average Bonchev–Trinajstić information content (AvgIpc) is 2.21. The third kappa shape index (κ3) is 4.27. The molecule has 0 atom stereocenters. The quantitative estimate of drug-likeness (QED) is 0.415. The minimum atomic E-state index is 0.739. The van der Waals surface area contributed by atoms with Gasteiger partial charge in [0.15, 0.2) is 5.75 Å². The van der Waals surface area contributed by atoms with Crippen molar-refractivity contribution in [2.24, 2.45) is 5.16 Å². The molecule has 0 aromatic heterocycles. The van der Waals surface area contributed by atoms with Gasteiger partial charge in [0.25, 0.3) is 0 Å². The predicted octanol–water partition coefficient (Wildman–Crippen LogP) is 3.49. The molecule has 2 heteroatoms. The summed E-state index contributed by atoms with van der Waals surface area (Å²) in [5.41, 5.74) is 2.20. The van der Waals surface area contributed by atoms with Gasteiger partial charge in [0.05, 0.1) is 6.21 Å². The summed E-state index contributed by atoms with van der Waals surface area (Å²) < 4.78 is 0. The Balaban J connectivity index is 2.53. The van der Waals surface area contributed by atoms with E-state index in [1.807, 2.05) is 44.2 Å². The van der Waals surface area contributed by atoms with Crippen molar-refractivity contribution in [3.8, 4) is 5.75 Å². The fourth-order valence-electron chi connectivity index (χ4n) is 0.998. The second kappa shape index (κ2) is 5.81. The van der Waals surface area contributed by atoms with E-state index in [2.05, 4.69) is 11.7 Å². The summed E-state index contributed by atoms with van der Waals surface area (Å²) in [7, 11) is 0. The summed E-state index contributed by atoms with van der Waals surface area (Å²) >= 11 is 0. The van der Waals surface area contributed by atoms with Crippen LogP contribution in [-0.4, -0.2) is 6.21 Å². The number of hydrogen-bond acceptors (Lipinski definition) is 2. The van der Waals surface area contributed by atoms with E-state index in [0.29, 0.717) is 0 Å². The van der Waals surface area contributed by atoms with E-state index in [1.165, 1.54) is 5.56 Å². The molecule has 0 amide bonds. The van der Waals surface area contributed by atoms with Gasteiger partial charge in [0.2, 0.25) is 0 Å². The van der Waals surface area contributed by atoms with Crippen LogP contribution in [0.4, 0.5) is 0 Å². The molecule has 0 saturated heterocycles. The Morgan fingerprint density at radius 1 is 1.33 bits per heavy atom. The lowest BCUT2D eigenvalue weighted by atomic mass is 10.2. The average molecular weight is 201 g/mol. The van der Waals surface area contributed by atoms with E-state index in [9.17, 15) is 0 Å². The van der Waals surface area contributed by atoms with Crippen LogP contribution in [0, 0.1) is 6.92 Å². The predicted molar refractivity (Wildman–Crippen MR) is 64.3 cm³/mol. The molecule has 0 fully saturated rings. The van der Waals surface area contributed by atoms with E-state index < -0.39 is 0 Å². The standard InChI is InChI=1S/C13H15NO/c1-4-5-12(3)10-14-15-13-8-6-11(2)7-9-13/h4-10H,1H2,2-3H3/b12-5-,14-10-. The largest absolute Gasteiger partial charge is 0.357 e. The lowest BCUT2D eigenvalue weighted by molar-refractivity contribution is 0.344. The third-order valence-corrected chi connectivity index (χ3v) is 1.82. The number of aryl methyl sites for hydroxylation is 1. The summed E-state index contributed by atoms with van der Waals surface area (Å²) in [5.74, 6) is 0.739. The second-order valence-corrected chi connectivity index (χ2v) is 3.29. The Morgan fingerprint density at radius 2 is 2.00 bits per heavy atom. The molecular weight excluding hydrogens is 186 g/mol. The minimum Gasteiger partial charge on any atom is -0.357 e. The maximum Gasteiger partial charge on any atom is 0.157 e. The van der Waals surface area contributed by atoms with Crippen LogP contribution in [0.1, 0.15) is 12.5 Å². The number of hydrogen-bond donors (Lipinski definition) is 0. The first-order valence-corrected chi connectivity index (χ1v) is 4.79. The van der Waals surface area contributed by atoms with E-state index in [4.69, 9.17) is 4.84 Å². The molecule has 0 heterocycles. The zero-order valence-corrected chi connectivity index (χ0v) is 9.10. The lowest BCUT2D eigenvalue weighted by Crippen LogP contribution is -1.85. The Kier molecular flexibility index (Phi) is 4.35. The van der Waals surface area contributed by atoms with Gasteiger partial charge in [0, 0.05) is 0 Å². The summed E-state index contributed by atoms with van der Waals surface area (Å²) in [6, 6.07) is 7.74. The van der Waals surface area contributed by atoms with E-state index in [0.717, 1.165) is 11.3 Å². The van der Waals surface area contributed by atoms with Crippen molar-refractivity contribution >= 4 is 6.21 Å². The highest BCUT2D eigenvalue weighted by Gasteiger charge is 1.90. The molecule has 0 N–H and O–H groups in total. The zero-order valence-electron chi connectivity index (χ0n) is 9.10. The van der Waals surface area contributed by atoms with Gasteiger partial charge < -0.3 is 4.84 Å². The molecule has 1 rings (SSSR count). The molecule has 0 unspecified atom stereocenters. The Hall–Kier alpha value is -1.83. The van der Waals surface area contributed by atoms with Crippen LogP contribution >= 0.6 is 0 Å². The van der Waals surface area contributed by atoms with Crippen LogP contribution in [0.2, 0.25) is 0 Å². The van der Waals surface area contributed by atoms with Crippen molar-refractivity contribution in [3.63, 3.8) is 0 Å². The molecule has 78 valence electrons. The van der Waals surface area contributed by atoms with Gasteiger partial charge in [-0.1, -0.05) is 41.6 Å². The summed E-state index contributed by atoms with van der Waals surface area (Å²) in [6.45, 7) is 7.56. The molecule has 0 spiro atoms. The second-order valence-electron chi connectivity index (χ2n) is 3.29. The minimum absolute atomic E-state index is 0.739. The molecular formula is C13H15NO. The first-order valence-electron chi connectivity index (χ1n) is 4.79. The Labute approximate surface area is 90.6 Å². The highest BCUT2D eigenvalue weighted by atomic mass is 16.6. The van der Waals surface area contributed by atoms with Crippen LogP contribution in [0.25, 0.3) is 0 Å². The van der Waals surface area contributed by atoms with Crippen molar-refractivity contribution in [3.05, 3.63) is 54.1 Å². The van der Waals surface area contributed by atoms with E-state index in [-0.39, 0.29) is 0 Å². The van der Waals surface area contributed by atoms with Crippen LogP contribution < -0.4 is 4.84 Å². The van der Waals surface area contributed by atoms with Gasteiger partial charge in [-0.15, -0.1) is 0 Å².